The molecule has 0 amide bonds. The number of nitriles is 1. The highest BCUT2D eigenvalue weighted by molar-refractivity contribution is 5.93. The van der Waals surface area contributed by atoms with Gasteiger partial charge in [0.1, 0.15) is 11.9 Å². The minimum Gasteiger partial charge on any atom is -0.493 e. The Morgan fingerprint density at radius 2 is 1.66 bits per heavy atom. The second-order valence-corrected chi connectivity index (χ2v) is 6.67. The summed E-state index contributed by atoms with van der Waals surface area (Å²) in [5.74, 6) is 1.80. The molecule has 0 spiro atoms. The number of nitrogens with zero attached hydrogens (tertiary/aromatic N) is 3. The van der Waals surface area contributed by atoms with E-state index in [1.807, 2.05) is 30.3 Å². The first-order chi connectivity index (χ1) is 14.1. The molecule has 29 heavy (non-hydrogen) atoms. The standard InChI is InChI=1S/C23H20N4O2/c1-14(16-10-6-8-15-7-4-5-9-17(15)16)25-23-18-11-20(28-2)21(29-3)12-19(18)26-22(13-24)27-23/h4-12,14H,1-3H3,(H,25,26,27). The van der Waals surface area contributed by atoms with Crippen LogP contribution >= 0.6 is 0 Å². The van der Waals surface area contributed by atoms with E-state index in [9.17, 15) is 5.26 Å². The van der Waals surface area contributed by atoms with Crippen LogP contribution in [-0.4, -0.2) is 24.2 Å². The van der Waals surface area contributed by atoms with Gasteiger partial charge in [0.15, 0.2) is 11.5 Å². The lowest BCUT2D eigenvalue weighted by molar-refractivity contribution is 0.356. The molecule has 0 bridgehead atoms. The van der Waals surface area contributed by atoms with Crippen molar-refractivity contribution in [2.75, 3.05) is 19.5 Å². The van der Waals surface area contributed by atoms with Gasteiger partial charge in [-0.1, -0.05) is 42.5 Å². The summed E-state index contributed by atoms with van der Waals surface area (Å²) < 4.78 is 10.8. The van der Waals surface area contributed by atoms with E-state index in [1.54, 1.807) is 20.3 Å². The van der Waals surface area contributed by atoms with Gasteiger partial charge in [-0.3, -0.25) is 0 Å². The van der Waals surface area contributed by atoms with Crippen molar-refractivity contribution in [2.45, 2.75) is 13.0 Å². The highest BCUT2D eigenvalue weighted by Gasteiger charge is 2.16. The van der Waals surface area contributed by atoms with Gasteiger partial charge in [0.2, 0.25) is 5.82 Å². The van der Waals surface area contributed by atoms with E-state index in [1.165, 1.54) is 10.8 Å². The van der Waals surface area contributed by atoms with Gasteiger partial charge in [-0.25, -0.2) is 9.97 Å². The highest BCUT2D eigenvalue weighted by Crippen LogP contribution is 2.35. The Bertz CT molecular complexity index is 1240. The van der Waals surface area contributed by atoms with Crippen LogP contribution in [0.15, 0.2) is 54.6 Å². The lowest BCUT2D eigenvalue weighted by Gasteiger charge is -2.19. The number of aromatic nitrogens is 2. The molecule has 144 valence electrons. The number of anilines is 1. The van der Waals surface area contributed by atoms with Gasteiger partial charge in [0.05, 0.1) is 25.8 Å². The van der Waals surface area contributed by atoms with Crippen LogP contribution in [0.1, 0.15) is 24.4 Å². The van der Waals surface area contributed by atoms with Crippen LogP contribution in [0.4, 0.5) is 5.82 Å². The third kappa shape index (κ3) is 3.39. The molecule has 4 rings (SSSR count). The van der Waals surface area contributed by atoms with Gasteiger partial charge in [-0.05, 0) is 29.3 Å². The van der Waals surface area contributed by atoms with Crippen molar-refractivity contribution in [3.63, 3.8) is 0 Å². The average molecular weight is 384 g/mol. The molecule has 6 nitrogen and oxygen atoms in total. The molecule has 1 unspecified atom stereocenters. The fourth-order valence-electron chi connectivity index (χ4n) is 3.53. The number of hydrogen-bond acceptors (Lipinski definition) is 6. The van der Waals surface area contributed by atoms with E-state index in [0.29, 0.717) is 22.8 Å². The topological polar surface area (TPSA) is 80.1 Å². The summed E-state index contributed by atoms with van der Waals surface area (Å²) in [4.78, 5) is 8.74. The quantitative estimate of drug-likeness (QED) is 0.530. The second kappa shape index (κ2) is 7.64. The number of nitrogens with one attached hydrogen (secondary N) is 1. The summed E-state index contributed by atoms with van der Waals surface area (Å²) in [5, 5.41) is 15.9. The van der Waals surface area contributed by atoms with Gasteiger partial charge in [0, 0.05) is 11.5 Å². The summed E-state index contributed by atoms with van der Waals surface area (Å²) in [6.07, 6.45) is 0. The maximum absolute atomic E-state index is 9.38. The van der Waals surface area contributed by atoms with Crippen LogP contribution < -0.4 is 14.8 Å². The van der Waals surface area contributed by atoms with Gasteiger partial charge in [-0.2, -0.15) is 5.26 Å². The Balaban J connectivity index is 1.83. The van der Waals surface area contributed by atoms with Crippen molar-refractivity contribution in [1.82, 2.24) is 9.97 Å². The molecular formula is C23H20N4O2. The van der Waals surface area contributed by atoms with Gasteiger partial charge >= 0.3 is 0 Å². The van der Waals surface area contributed by atoms with Crippen LogP contribution in [-0.2, 0) is 0 Å². The lowest BCUT2D eigenvalue weighted by atomic mass is 9.99. The second-order valence-electron chi connectivity index (χ2n) is 6.67. The zero-order chi connectivity index (χ0) is 20.4. The summed E-state index contributed by atoms with van der Waals surface area (Å²) in [5.41, 5.74) is 1.76. The lowest BCUT2D eigenvalue weighted by Crippen LogP contribution is -2.10. The van der Waals surface area contributed by atoms with Gasteiger partial charge < -0.3 is 14.8 Å². The molecule has 6 heteroatoms. The molecule has 0 saturated heterocycles. The predicted molar refractivity (Wildman–Crippen MR) is 113 cm³/mol. The summed E-state index contributed by atoms with van der Waals surface area (Å²) in [6.45, 7) is 2.07. The molecule has 1 atom stereocenters. The van der Waals surface area contributed by atoms with E-state index in [-0.39, 0.29) is 11.9 Å². The molecule has 0 saturated carbocycles. The third-order valence-corrected chi connectivity index (χ3v) is 4.94. The Kier molecular flexibility index (Phi) is 4.88. The number of benzene rings is 3. The first-order valence-electron chi connectivity index (χ1n) is 9.22. The van der Waals surface area contributed by atoms with Crippen LogP contribution in [0.2, 0.25) is 0 Å². The molecular weight excluding hydrogens is 364 g/mol. The molecule has 4 aromatic rings. The Morgan fingerprint density at radius 1 is 0.931 bits per heavy atom. The Morgan fingerprint density at radius 3 is 2.41 bits per heavy atom. The number of fused-ring (bicyclic) bond motifs is 2. The smallest absolute Gasteiger partial charge is 0.234 e. The monoisotopic (exact) mass is 384 g/mol. The summed E-state index contributed by atoms with van der Waals surface area (Å²) >= 11 is 0. The Hall–Kier alpha value is -3.85. The minimum atomic E-state index is -0.0427. The van der Waals surface area contributed by atoms with Gasteiger partial charge in [-0.15, -0.1) is 0 Å². The molecule has 1 N–H and O–H groups in total. The van der Waals surface area contributed by atoms with Crippen molar-refractivity contribution in [3.05, 3.63) is 66.0 Å². The molecule has 0 aliphatic rings. The van der Waals surface area contributed by atoms with Crippen LogP contribution in [0.3, 0.4) is 0 Å². The normalized spacial score (nSPS) is 11.8. The maximum atomic E-state index is 9.38. The number of hydrogen-bond donors (Lipinski definition) is 1. The zero-order valence-corrected chi connectivity index (χ0v) is 16.4. The predicted octanol–water partition coefficient (Wildman–Crippen LogP) is 4.84. The molecule has 0 fully saturated rings. The molecule has 1 heterocycles. The first-order valence-corrected chi connectivity index (χ1v) is 9.22. The van der Waals surface area contributed by atoms with Crippen molar-refractivity contribution in [2.24, 2.45) is 0 Å². The maximum Gasteiger partial charge on any atom is 0.234 e. The van der Waals surface area contributed by atoms with Crippen molar-refractivity contribution < 1.29 is 9.47 Å². The van der Waals surface area contributed by atoms with Crippen LogP contribution in [0.25, 0.3) is 21.7 Å². The number of rotatable bonds is 5. The molecule has 0 aliphatic carbocycles. The van der Waals surface area contributed by atoms with E-state index in [4.69, 9.17) is 9.47 Å². The minimum absolute atomic E-state index is 0.0427. The zero-order valence-electron chi connectivity index (χ0n) is 16.4. The Labute approximate surface area is 168 Å². The molecule has 3 aromatic carbocycles. The van der Waals surface area contributed by atoms with E-state index in [2.05, 4.69) is 46.5 Å². The van der Waals surface area contributed by atoms with E-state index < -0.39 is 0 Å². The summed E-state index contributed by atoms with van der Waals surface area (Å²) in [7, 11) is 3.15. The van der Waals surface area contributed by atoms with Crippen molar-refractivity contribution >= 4 is 27.5 Å². The fraction of sp³-hybridized carbons (Fsp3) is 0.174. The van der Waals surface area contributed by atoms with Gasteiger partial charge in [0.25, 0.3) is 0 Å². The molecule has 1 aromatic heterocycles. The average Bonchev–Trinajstić information content (AvgIpc) is 2.77. The van der Waals surface area contributed by atoms with Crippen LogP contribution in [0.5, 0.6) is 11.5 Å². The largest absolute Gasteiger partial charge is 0.493 e. The van der Waals surface area contributed by atoms with Crippen molar-refractivity contribution in [1.29, 1.82) is 5.26 Å². The molecule has 0 radical (unpaired) electrons. The highest BCUT2D eigenvalue weighted by atomic mass is 16.5. The first kappa shape index (κ1) is 18.5. The third-order valence-electron chi connectivity index (χ3n) is 4.94. The number of methoxy groups -OCH3 is 2. The van der Waals surface area contributed by atoms with E-state index in [0.717, 1.165) is 10.9 Å². The SMILES string of the molecule is COc1cc2nc(C#N)nc(NC(C)c3cccc4ccccc34)c2cc1OC. The van der Waals surface area contributed by atoms with Crippen LogP contribution in [0, 0.1) is 11.3 Å². The summed E-state index contributed by atoms with van der Waals surface area (Å²) in [6, 6.07) is 20.1. The van der Waals surface area contributed by atoms with Crippen molar-refractivity contribution in [3.8, 4) is 17.6 Å². The molecule has 0 aliphatic heterocycles. The van der Waals surface area contributed by atoms with E-state index >= 15 is 0 Å². The number of ether oxygens (including phenoxy) is 2. The fourth-order valence-corrected chi connectivity index (χ4v) is 3.53.